The van der Waals surface area contributed by atoms with Crippen molar-refractivity contribution in [3.8, 4) is 12.3 Å². The highest BCUT2D eigenvalue weighted by Crippen LogP contribution is 2.46. The number of hydrogen-bond donors (Lipinski definition) is 3. The molecule has 2 aliphatic heterocycles. The molecule has 1 unspecified atom stereocenters. The van der Waals surface area contributed by atoms with Crippen LogP contribution in [-0.2, 0) is 20.7 Å². The predicted octanol–water partition coefficient (Wildman–Crippen LogP) is 2.79. The Morgan fingerprint density at radius 2 is 2.08 bits per heavy atom. The van der Waals surface area contributed by atoms with E-state index in [1.54, 1.807) is 23.6 Å². The van der Waals surface area contributed by atoms with E-state index in [-0.39, 0.29) is 40.9 Å². The largest absolute Gasteiger partial charge is 0.465 e. The zero-order valence-electron chi connectivity index (χ0n) is 22.7. The maximum atomic E-state index is 14.0. The molecule has 0 radical (unpaired) electrons. The summed E-state index contributed by atoms with van der Waals surface area (Å²) in [6.07, 6.45) is 5.88. The summed E-state index contributed by atoms with van der Waals surface area (Å²) in [5.74, 6) is 2.79. The molecule has 0 spiro atoms. The number of carbonyl (C=O) groups excluding carboxylic acids is 2. The third-order valence-corrected chi connectivity index (χ3v) is 9.70. The molecule has 4 rings (SSSR count). The van der Waals surface area contributed by atoms with E-state index in [9.17, 15) is 19.5 Å². The van der Waals surface area contributed by atoms with Crippen LogP contribution in [0.2, 0.25) is 0 Å². The fraction of sp³-hybridized carbons (Fsp3) is 0.571. The summed E-state index contributed by atoms with van der Waals surface area (Å²) in [5, 5.41) is 15.5. The maximum absolute atomic E-state index is 14.0. The molecule has 3 N–H and O–H groups in total. The van der Waals surface area contributed by atoms with Crippen molar-refractivity contribution in [3.05, 3.63) is 35.4 Å². The van der Waals surface area contributed by atoms with E-state index >= 15 is 0 Å². The quantitative estimate of drug-likeness (QED) is 0.338. The monoisotopic (exact) mass is 572 g/mol. The van der Waals surface area contributed by atoms with Gasteiger partial charge in [-0.2, -0.15) is 0 Å². The summed E-state index contributed by atoms with van der Waals surface area (Å²) >= 11 is 7.14. The Labute approximate surface area is 239 Å². The third-order valence-electron chi connectivity index (χ3n) is 7.99. The number of carboxylic acid groups (broad SMARTS) is 1. The van der Waals surface area contributed by atoms with Crippen molar-refractivity contribution < 1.29 is 24.2 Å². The molecule has 0 bridgehead atoms. The zero-order chi connectivity index (χ0) is 28.5. The third kappa shape index (κ3) is 5.88. The van der Waals surface area contributed by atoms with Crippen LogP contribution in [-0.4, -0.2) is 86.8 Å². The molecular formula is C28H36N4O5S2. The minimum atomic E-state index is -1.11. The van der Waals surface area contributed by atoms with Crippen LogP contribution in [0.4, 0.5) is 4.79 Å². The van der Waals surface area contributed by atoms with Crippen molar-refractivity contribution >= 4 is 46.9 Å². The first-order valence-electron chi connectivity index (χ1n) is 13.1. The minimum absolute atomic E-state index is 0.145. The van der Waals surface area contributed by atoms with Crippen molar-refractivity contribution in [3.63, 3.8) is 0 Å². The average Bonchev–Trinajstić information content (AvgIpc) is 3.33. The molecule has 9 nitrogen and oxygen atoms in total. The smallest absolute Gasteiger partial charge is 0.407 e. The van der Waals surface area contributed by atoms with Gasteiger partial charge in [0.15, 0.2) is 0 Å². The summed E-state index contributed by atoms with van der Waals surface area (Å²) in [7, 11) is 1.44. The lowest BCUT2D eigenvalue weighted by molar-refractivity contribution is -0.143. The molecule has 39 heavy (non-hydrogen) atoms. The molecule has 1 aliphatic carbocycles. The van der Waals surface area contributed by atoms with Crippen molar-refractivity contribution in [1.29, 1.82) is 0 Å². The minimum Gasteiger partial charge on any atom is -0.465 e. The molecule has 0 saturated carbocycles. The Kier molecular flexibility index (Phi) is 8.78. The second-order valence-electron chi connectivity index (χ2n) is 11.0. The van der Waals surface area contributed by atoms with Crippen LogP contribution in [0.15, 0.2) is 24.3 Å². The lowest BCUT2D eigenvalue weighted by Crippen LogP contribution is -2.58. The number of thioether (sulfide) groups is 1. The molecule has 3 amide bonds. The van der Waals surface area contributed by atoms with Gasteiger partial charge in [-0.1, -0.05) is 56.3 Å². The molecule has 2 fully saturated rings. The summed E-state index contributed by atoms with van der Waals surface area (Å²) in [5.41, 5.74) is 1.63. The van der Waals surface area contributed by atoms with E-state index < -0.39 is 29.6 Å². The highest BCUT2D eigenvalue weighted by Gasteiger charge is 2.55. The van der Waals surface area contributed by atoms with Gasteiger partial charge < -0.3 is 30.3 Å². The first-order chi connectivity index (χ1) is 18.5. The molecule has 2 saturated heterocycles. The number of rotatable bonds is 7. The Morgan fingerprint density at radius 1 is 1.36 bits per heavy atom. The second-order valence-corrected chi connectivity index (χ2v) is 12.8. The number of terminal acetylenes is 1. The van der Waals surface area contributed by atoms with Gasteiger partial charge in [0, 0.05) is 13.5 Å². The number of nitrogens with zero attached hydrogens (tertiary/aromatic N) is 2. The number of nitrogens with one attached hydrogen (secondary N) is 2. The number of amides is 3. The number of ether oxygens (including phenoxy) is 1. The number of fused-ring (bicyclic) bond motifs is 2. The molecule has 3 aliphatic rings. The lowest BCUT2D eigenvalue weighted by Gasteiger charge is -2.36. The van der Waals surface area contributed by atoms with Crippen LogP contribution in [0.1, 0.15) is 50.8 Å². The van der Waals surface area contributed by atoms with Crippen molar-refractivity contribution in [2.45, 2.75) is 75.7 Å². The molecular weight excluding hydrogens is 536 g/mol. The first kappa shape index (κ1) is 29.2. The van der Waals surface area contributed by atoms with Gasteiger partial charge in [0.1, 0.15) is 18.7 Å². The van der Waals surface area contributed by atoms with Crippen LogP contribution in [0, 0.1) is 17.8 Å². The van der Waals surface area contributed by atoms with Crippen LogP contribution in [0.3, 0.4) is 0 Å². The van der Waals surface area contributed by atoms with Gasteiger partial charge in [-0.05, 0) is 42.1 Å². The predicted molar refractivity (Wildman–Crippen MR) is 154 cm³/mol. The number of hydrogen-bond acceptors (Lipinski definition) is 6. The Balaban J connectivity index is 1.56. The van der Waals surface area contributed by atoms with E-state index in [2.05, 4.69) is 16.6 Å². The summed E-state index contributed by atoms with van der Waals surface area (Å²) in [6.45, 7) is 5.86. The second kappa shape index (κ2) is 11.7. The molecule has 2 heterocycles. The standard InChI is InChI=1S/C28H36N4O5S2/c1-6-12-37-20-14-17-9-7-8-10-18(17)22(20)30-24(33)23-28(3,4)15-21-32(23)26(34)19(11-13-39-21)29-25(38)16(2)31(5)27(35)36/h1,7-10,16,19-23H,11-15H2,2-5H3,(H,29,38)(H,30,33)(H,35,36)/t16?,19-,20+,21-,22-,23+/m0/s1. The van der Waals surface area contributed by atoms with Crippen molar-refractivity contribution in [1.82, 2.24) is 20.4 Å². The van der Waals surface area contributed by atoms with Gasteiger partial charge in [0.25, 0.3) is 0 Å². The number of thiocarbonyl (C=S) groups is 1. The first-order valence-corrected chi connectivity index (χ1v) is 14.5. The fourth-order valence-corrected chi connectivity index (χ4v) is 7.63. The van der Waals surface area contributed by atoms with Gasteiger partial charge in [-0.3, -0.25) is 9.59 Å². The lowest BCUT2D eigenvalue weighted by atomic mass is 9.83. The van der Waals surface area contributed by atoms with Crippen LogP contribution >= 0.6 is 24.0 Å². The van der Waals surface area contributed by atoms with Gasteiger partial charge in [-0.15, -0.1) is 18.2 Å². The Hall–Kier alpha value is -2.81. The summed E-state index contributed by atoms with van der Waals surface area (Å²) in [6, 6.07) is 5.60. The SMILES string of the molecule is C#CCO[C@@H]1Cc2ccccc2[C@@H]1NC(=O)[C@H]1N2C(=O)[C@@H](NC(=S)C(C)N(C)C(=O)O)CCS[C@H]2CC1(C)C. The molecule has 0 aromatic heterocycles. The van der Waals surface area contributed by atoms with Crippen molar-refractivity contribution in [2.75, 3.05) is 19.4 Å². The molecule has 1 aromatic carbocycles. The fourth-order valence-electron chi connectivity index (χ4n) is 5.76. The maximum Gasteiger partial charge on any atom is 0.407 e. The topological polar surface area (TPSA) is 111 Å². The van der Waals surface area contributed by atoms with Gasteiger partial charge in [0.2, 0.25) is 11.8 Å². The zero-order valence-corrected chi connectivity index (χ0v) is 24.3. The van der Waals surface area contributed by atoms with E-state index in [4.69, 9.17) is 23.4 Å². The number of likely N-dealkylation sites (N-methyl/N-ethyl adjacent to an activating group) is 1. The van der Waals surface area contributed by atoms with E-state index in [1.807, 2.05) is 38.1 Å². The summed E-state index contributed by atoms with van der Waals surface area (Å²) < 4.78 is 5.92. The Morgan fingerprint density at radius 3 is 2.77 bits per heavy atom. The molecule has 11 heteroatoms. The summed E-state index contributed by atoms with van der Waals surface area (Å²) in [4.78, 5) is 42.5. The van der Waals surface area contributed by atoms with Crippen LogP contribution < -0.4 is 10.6 Å². The molecule has 1 aromatic rings. The average molecular weight is 573 g/mol. The highest BCUT2D eigenvalue weighted by molar-refractivity contribution is 7.99. The van der Waals surface area contributed by atoms with E-state index in [0.717, 1.165) is 16.0 Å². The van der Waals surface area contributed by atoms with Gasteiger partial charge in [0.05, 0.1) is 28.6 Å². The van der Waals surface area contributed by atoms with E-state index in [1.165, 1.54) is 7.05 Å². The Bertz CT molecular complexity index is 1180. The van der Waals surface area contributed by atoms with Crippen LogP contribution in [0.25, 0.3) is 0 Å². The van der Waals surface area contributed by atoms with Gasteiger partial charge in [-0.25, -0.2) is 4.79 Å². The van der Waals surface area contributed by atoms with E-state index in [0.29, 0.717) is 25.0 Å². The van der Waals surface area contributed by atoms with Crippen molar-refractivity contribution in [2.24, 2.45) is 5.41 Å². The highest BCUT2D eigenvalue weighted by atomic mass is 32.2. The van der Waals surface area contributed by atoms with Gasteiger partial charge >= 0.3 is 6.09 Å². The number of benzene rings is 1. The van der Waals surface area contributed by atoms with Crippen LogP contribution in [0.5, 0.6) is 0 Å². The normalized spacial score (nSPS) is 27.9. The molecule has 6 atom stereocenters. The molecule has 210 valence electrons. The number of carbonyl (C=O) groups is 3.